The summed E-state index contributed by atoms with van der Waals surface area (Å²) in [6, 6.07) is 0.0948. The highest BCUT2D eigenvalue weighted by molar-refractivity contribution is 5.74. The Morgan fingerprint density at radius 3 is 2.80 bits per heavy atom. The van der Waals surface area contributed by atoms with Crippen LogP contribution in [0.5, 0.6) is 0 Å². The fourth-order valence-electron chi connectivity index (χ4n) is 4.03. The molecule has 2 aliphatic carbocycles. The van der Waals surface area contributed by atoms with Crippen LogP contribution in [0, 0.1) is 5.92 Å². The Morgan fingerprint density at radius 2 is 2.00 bits per heavy atom. The van der Waals surface area contributed by atoms with Crippen LogP contribution in [0.3, 0.4) is 0 Å². The van der Waals surface area contributed by atoms with Crippen LogP contribution >= 0.6 is 0 Å². The highest BCUT2D eigenvalue weighted by Gasteiger charge is 2.38. The first kappa shape index (κ1) is 14.1. The molecule has 3 unspecified atom stereocenters. The number of hydrogen-bond donors (Lipinski definition) is 3. The van der Waals surface area contributed by atoms with E-state index in [9.17, 15) is 9.90 Å². The molecule has 1 aliphatic heterocycles. The van der Waals surface area contributed by atoms with Gasteiger partial charge in [0.1, 0.15) is 0 Å². The molecule has 0 radical (unpaired) electrons. The number of aliphatic hydroxyl groups is 1. The molecule has 2 saturated carbocycles. The SMILES string of the molecule is O=C(NCC1(O)CCCC1)NC1CCCC2OCCC12. The summed E-state index contributed by atoms with van der Waals surface area (Å²) in [5, 5.41) is 16.2. The fourth-order valence-corrected chi connectivity index (χ4v) is 4.03. The summed E-state index contributed by atoms with van der Waals surface area (Å²) in [7, 11) is 0. The smallest absolute Gasteiger partial charge is 0.315 e. The van der Waals surface area contributed by atoms with Crippen molar-refractivity contribution in [3.63, 3.8) is 0 Å². The zero-order chi connectivity index (χ0) is 14.0. The summed E-state index contributed by atoms with van der Waals surface area (Å²) in [4.78, 5) is 12.0. The average Bonchev–Trinajstić information content (AvgIpc) is 3.06. The van der Waals surface area contributed by atoms with Gasteiger partial charge in [-0.2, -0.15) is 0 Å². The minimum atomic E-state index is -0.678. The standard InChI is InChI=1S/C15H26N2O3/c18-14(16-10-15(19)7-1-2-8-15)17-12-4-3-5-13-11(12)6-9-20-13/h11-13,19H,1-10H2,(H2,16,17,18). The van der Waals surface area contributed by atoms with Crippen LogP contribution in [0.25, 0.3) is 0 Å². The average molecular weight is 282 g/mol. The lowest BCUT2D eigenvalue weighted by Crippen LogP contribution is -2.51. The first-order valence-electron chi connectivity index (χ1n) is 8.05. The number of amides is 2. The predicted molar refractivity (Wildman–Crippen MR) is 75.4 cm³/mol. The summed E-state index contributed by atoms with van der Waals surface area (Å²) in [5.41, 5.74) is -0.678. The number of ether oxygens (including phenoxy) is 1. The van der Waals surface area contributed by atoms with Gasteiger partial charge in [0.05, 0.1) is 11.7 Å². The second kappa shape index (κ2) is 5.90. The van der Waals surface area contributed by atoms with Gasteiger partial charge in [0, 0.05) is 25.1 Å². The molecule has 2 amide bonds. The maximum atomic E-state index is 12.0. The monoisotopic (exact) mass is 282 g/mol. The predicted octanol–water partition coefficient (Wildman–Crippen LogP) is 1.55. The van der Waals surface area contributed by atoms with E-state index in [1.807, 2.05) is 0 Å². The van der Waals surface area contributed by atoms with E-state index < -0.39 is 5.60 Å². The number of rotatable bonds is 3. The molecule has 114 valence electrons. The summed E-state index contributed by atoms with van der Waals surface area (Å²) in [6.45, 7) is 1.20. The van der Waals surface area contributed by atoms with Crippen molar-refractivity contribution in [3.8, 4) is 0 Å². The fraction of sp³-hybridized carbons (Fsp3) is 0.933. The van der Waals surface area contributed by atoms with Crippen molar-refractivity contribution < 1.29 is 14.6 Å². The van der Waals surface area contributed by atoms with Crippen LogP contribution in [-0.4, -0.2) is 42.0 Å². The van der Waals surface area contributed by atoms with E-state index in [4.69, 9.17) is 4.74 Å². The molecule has 3 N–H and O–H groups in total. The molecular formula is C15H26N2O3. The molecule has 5 heteroatoms. The van der Waals surface area contributed by atoms with Gasteiger partial charge in [-0.05, 0) is 38.5 Å². The third-order valence-corrected chi connectivity index (χ3v) is 5.21. The van der Waals surface area contributed by atoms with E-state index in [1.54, 1.807) is 0 Å². The first-order chi connectivity index (χ1) is 9.66. The van der Waals surface area contributed by atoms with Crippen LogP contribution in [-0.2, 0) is 4.74 Å². The minimum absolute atomic E-state index is 0.136. The van der Waals surface area contributed by atoms with Gasteiger partial charge in [0.15, 0.2) is 0 Å². The molecule has 0 aromatic carbocycles. The van der Waals surface area contributed by atoms with Crippen molar-refractivity contribution in [1.82, 2.24) is 10.6 Å². The highest BCUT2D eigenvalue weighted by atomic mass is 16.5. The Kier molecular flexibility index (Phi) is 4.17. The van der Waals surface area contributed by atoms with Crippen molar-refractivity contribution in [2.45, 2.75) is 69.1 Å². The summed E-state index contributed by atoms with van der Waals surface area (Å²) in [5.74, 6) is 0.476. The Labute approximate surface area is 120 Å². The Balaban J connectivity index is 1.46. The first-order valence-corrected chi connectivity index (χ1v) is 8.05. The van der Waals surface area contributed by atoms with Crippen LogP contribution in [0.4, 0.5) is 4.79 Å². The molecule has 0 aromatic rings. The molecule has 0 aromatic heterocycles. The highest BCUT2D eigenvalue weighted by Crippen LogP contribution is 2.34. The molecular weight excluding hydrogens is 256 g/mol. The number of fused-ring (bicyclic) bond motifs is 1. The van der Waals surface area contributed by atoms with Crippen LogP contribution < -0.4 is 10.6 Å². The van der Waals surface area contributed by atoms with Crippen molar-refractivity contribution >= 4 is 6.03 Å². The van der Waals surface area contributed by atoms with E-state index in [1.165, 1.54) is 0 Å². The second-order valence-electron chi connectivity index (χ2n) is 6.66. The zero-order valence-corrected chi connectivity index (χ0v) is 12.1. The van der Waals surface area contributed by atoms with Crippen molar-refractivity contribution in [2.75, 3.05) is 13.2 Å². The van der Waals surface area contributed by atoms with Gasteiger partial charge in [-0.3, -0.25) is 0 Å². The molecule has 0 bridgehead atoms. The van der Waals surface area contributed by atoms with E-state index in [2.05, 4.69) is 10.6 Å². The summed E-state index contributed by atoms with van der Waals surface area (Å²) >= 11 is 0. The molecule has 0 spiro atoms. The number of urea groups is 1. The van der Waals surface area contributed by atoms with Crippen molar-refractivity contribution in [2.24, 2.45) is 5.92 Å². The normalized spacial score (nSPS) is 35.5. The molecule has 20 heavy (non-hydrogen) atoms. The Bertz CT molecular complexity index is 355. The van der Waals surface area contributed by atoms with E-state index in [0.717, 1.165) is 58.0 Å². The zero-order valence-electron chi connectivity index (χ0n) is 12.1. The van der Waals surface area contributed by atoms with E-state index in [0.29, 0.717) is 18.6 Å². The minimum Gasteiger partial charge on any atom is -0.388 e. The quantitative estimate of drug-likeness (QED) is 0.735. The molecule has 5 nitrogen and oxygen atoms in total. The van der Waals surface area contributed by atoms with Gasteiger partial charge in [-0.1, -0.05) is 12.8 Å². The molecule has 1 heterocycles. The number of carbonyl (C=O) groups is 1. The topological polar surface area (TPSA) is 70.6 Å². The van der Waals surface area contributed by atoms with E-state index >= 15 is 0 Å². The van der Waals surface area contributed by atoms with Gasteiger partial charge >= 0.3 is 6.03 Å². The Hall–Kier alpha value is -0.810. The number of nitrogens with one attached hydrogen (secondary N) is 2. The van der Waals surface area contributed by atoms with Gasteiger partial charge in [-0.25, -0.2) is 4.79 Å². The van der Waals surface area contributed by atoms with Gasteiger partial charge < -0.3 is 20.5 Å². The van der Waals surface area contributed by atoms with Crippen LogP contribution in [0.2, 0.25) is 0 Å². The number of carbonyl (C=O) groups excluding carboxylic acids is 1. The lowest BCUT2D eigenvalue weighted by Gasteiger charge is -2.33. The molecule has 3 rings (SSSR count). The molecule has 3 atom stereocenters. The van der Waals surface area contributed by atoms with E-state index in [-0.39, 0.29) is 12.1 Å². The Morgan fingerprint density at radius 1 is 1.20 bits per heavy atom. The second-order valence-corrected chi connectivity index (χ2v) is 6.66. The van der Waals surface area contributed by atoms with Gasteiger partial charge in [-0.15, -0.1) is 0 Å². The van der Waals surface area contributed by atoms with Crippen molar-refractivity contribution in [3.05, 3.63) is 0 Å². The van der Waals surface area contributed by atoms with Crippen LogP contribution in [0.1, 0.15) is 51.4 Å². The molecule has 3 fully saturated rings. The van der Waals surface area contributed by atoms with Crippen LogP contribution in [0.15, 0.2) is 0 Å². The number of hydrogen-bond acceptors (Lipinski definition) is 3. The largest absolute Gasteiger partial charge is 0.388 e. The third-order valence-electron chi connectivity index (χ3n) is 5.21. The maximum Gasteiger partial charge on any atom is 0.315 e. The van der Waals surface area contributed by atoms with Gasteiger partial charge in [0.2, 0.25) is 0 Å². The third kappa shape index (κ3) is 3.09. The van der Waals surface area contributed by atoms with Gasteiger partial charge in [0.25, 0.3) is 0 Å². The van der Waals surface area contributed by atoms with Crippen molar-refractivity contribution in [1.29, 1.82) is 0 Å². The lowest BCUT2D eigenvalue weighted by atomic mass is 9.82. The summed E-state index contributed by atoms with van der Waals surface area (Å²) in [6.07, 6.45) is 8.41. The summed E-state index contributed by atoms with van der Waals surface area (Å²) < 4.78 is 5.71. The maximum absolute atomic E-state index is 12.0. The molecule has 3 aliphatic rings. The lowest BCUT2D eigenvalue weighted by molar-refractivity contribution is 0.0472. The molecule has 1 saturated heterocycles.